The topological polar surface area (TPSA) is 41.5 Å². The molecule has 18 heavy (non-hydrogen) atoms. The third-order valence-electron chi connectivity index (χ3n) is 3.22. The van der Waals surface area contributed by atoms with Gasteiger partial charge in [0, 0.05) is 17.5 Å². The first-order valence-corrected chi connectivity index (χ1v) is 7.63. The highest BCUT2D eigenvalue weighted by atomic mass is 32.1. The van der Waals surface area contributed by atoms with Gasteiger partial charge in [0.05, 0.1) is 19.3 Å². The quantitative estimate of drug-likeness (QED) is 0.723. The summed E-state index contributed by atoms with van der Waals surface area (Å²) >= 11 is 1.68. The van der Waals surface area contributed by atoms with E-state index in [1.165, 1.54) is 24.1 Å². The van der Waals surface area contributed by atoms with E-state index in [1.54, 1.807) is 11.3 Å². The number of hydrogen-bond acceptors (Lipinski definition) is 4. The van der Waals surface area contributed by atoms with Crippen LogP contribution in [0.5, 0.6) is 0 Å². The average molecular weight is 269 g/mol. The average Bonchev–Trinajstić information content (AvgIpc) is 3.00. The van der Waals surface area contributed by atoms with Crippen molar-refractivity contribution in [3.05, 3.63) is 22.4 Å². The zero-order valence-electron chi connectivity index (χ0n) is 11.0. The molecule has 2 unspecified atom stereocenters. The molecular formula is C14H23NO2S. The fourth-order valence-corrected chi connectivity index (χ4v) is 2.66. The molecular weight excluding hydrogens is 246 g/mol. The second-order valence-corrected chi connectivity index (χ2v) is 6.27. The van der Waals surface area contributed by atoms with Crippen molar-refractivity contribution in [1.29, 1.82) is 0 Å². The van der Waals surface area contributed by atoms with Crippen molar-refractivity contribution in [2.24, 2.45) is 5.92 Å². The van der Waals surface area contributed by atoms with Crippen LogP contribution in [0.25, 0.3) is 0 Å². The monoisotopic (exact) mass is 269 g/mol. The summed E-state index contributed by atoms with van der Waals surface area (Å²) in [7, 11) is 0. The predicted molar refractivity (Wildman–Crippen MR) is 74.8 cm³/mol. The van der Waals surface area contributed by atoms with Crippen LogP contribution in [-0.2, 0) is 11.3 Å². The van der Waals surface area contributed by atoms with Gasteiger partial charge in [-0.3, -0.25) is 0 Å². The van der Waals surface area contributed by atoms with Crippen molar-refractivity contribution in [3.63, 3.8) is 0 Å². The first-order valence-electron chi connectivity index (χ1n) is 6.75. The van der Waals surface area contributed by atoms with Crippen LogP contribution in [0.2, 0.25) is 0 Å². The highest BCUT2D eigenvalue weighted by molar-refractivity contribution is 7.09. The smallest absolute Gasteiger partial charge is 0.0897 e. The van der Waals surface area contributed by atoms with Gasteiger partial charge in [0.1, 0.15) is 0 Å². The Kier molecular flexibility index (Phi) is 5.63. The second kappa shape index (κ2) is 7.24. The molecule has 1 heterocycles. The van der Waals surface area contributed by atoms with Crippen LogP contribution in [0.15, 0.2) is 17.5 Å². The van der Waals surface area contributed by atoms with Gasteiger partial charge in [0.25, 0.3) is 0 Å². The molecule has 1 aromatic rings. The highest BCUT2D eigenvalue weighted by Gasteiger charge is 2.23. The SMILES string of the molecule is CC(CC1CC1)NCC(O)COCc1cccs1. The maximum absolute atomic E-state index is 9.79. The van der Waals surface area contributed by atoms with Gasteiger partial charge in [-0.2, -0.15) is 0 Å². The Labute approximate surface area is 113 Å². The van der Waals surface area contributed by atoms with Crippen LogP contribution >= 0.6 is 11.3 Å². The fraction of sp³-hybridized carbons (Fsp3) is 0.714. The normalized spacial score (nSPS) is 18.8. The summed E-state index contributed by atoms with van der Waals surface area (Å²) in [6.07, 6.45) is 3.60. The number of ether oxygens (including phenoxy) is 1. The van der Waals surface area contributed by atoms with Crippen molar-refractivity contribution >= 4 is 11.3 Å². The zero-order valence-corrected chi connectivity index (χ0v) is 11.8. The molecule has 1 fully saturated rings. The minimum absolute atomic E-state index is 0.404. The van der Waals surface area contributed by atoms with Crippen LogP contribution in [0.3, 0.4) is 0 Å². The Morgan fingerprint density at radius 2 is 2.39 bits per heavy atom. The molecule has 3 nitrogen and oxygen atoms in total. The van der Waals surface area contributed by atoms with Crippen molar-refractivity contribution in [2.45, 2.75) is 44.9 Å². The van der Waals surface area contributed by atoms with Gasteiger partial charge < -0.3 is 15.2 Å². The van der Waals surface area contributed by atoms with Gasteiger partial charge in [-0.25, -0.2) is 0 Å². The third-order valence-corrected chi connectivity index (χ3v) is 4.07. The largest absolute Gasteiger partial charge is 0.389 e. The molecule has 0 bridgehead atoms. The van der Waals surface area contributed by atoms with Gasteiger partial charge in [0.2, 0.25) is 0 Å². The molecule has 1 aliphatic carbocycles. The molecule has 0 spiro atoms. The molecule has 4 heteroatoms. The van der Waals surface area contributed by atoms with E-state index in [0.717, 1.165) is 5.92 Å². The number of rotatable bonds is 9. The lowest BCUT2D eigenvalue weighted by Gasteiger charge is -2.17. The van der Waals surface area contributed by atoms with Crippen LogP contribution < -0.4 is 5.32 Å². The van der Waals surface area contributed by atoms with Crippen molar-refractivity contribution in [2.75, 3.05) is 13.2 Å². The van der Waals surface area contributed by atoms with Gasteiger partial charge >= 0.3 is 0 Å². The van der Waals surface area contributed by atoms with Crippen LogP contribution in [0, 0.1) is 5.92 Å². The molecule has 2 atom stereocenters. The van der Waals surface area contributed by atoms with Crippen LogP contribution in [-0.4, -0.2) is 30.4 Å². The van der Waals surface area contributed by atoms with E-state index < -0.39 is 6.10 Å². The summed E-state index contributed by atoms with van der Waals surface area (Å²) in [4.78, 5) is 1.21. The van der Waals surface area contributed by atoms with E-state index in [1.807, 2.05) is 17.5 Å². The lowest BCUT2D eigenvalue weighted by Crippen LogP contribution is -2.36. The summed E-state index contributed by atoms with van der Waals surface area (Å²) in [5, 5.41) is 15.2. The van der Waals surface area contributed by atoms with Crippen LogP contribution in [0.4, 0.5) is 0 Å². The lowest BCUT2D eigenvalue weighted by atomic mass is 10.1. The van der Waals surface area contributed by atoms with E-state index in [4.69, 9.17) is 4.74 Å². The minimum Gasteiger partial charge on any atom is -0.389 e. The molecule has 0 aliphatic heterocycles. The molecule has 1 aromatic heterocycles. The number of aliphatic hydroxyl groups is 1. The summed E-state index contributed by atoms with van der Waals surface area (Å²) < 4.78 is 5.49. The maximum Gasteiger partial charge on any atom is 0.0897 e. The van der Waals surface area contributed by atoms with E-state index >= 15 is 0 Å². The van der Waals surface area contributed by atoms with Gasteiger partial charge in [-0.15, -0.1) is 11.3 Å². The van der Waals surface area contributed by atoms with Gasteiger partial charge in [-0.05, 0) is 30.7 Å². The predicted octanol–water partition coefficient (Wildman–Crippen LogP) is 2.40. The van der Waals surface area contributed by atoms with E-state index in [0.29, 0.717) is 25.8 Å². The Hall–Kier alpha value is -0.420. The lowest BCUT2D eigenvalue weighted by molar-refractivity contribution is 0.0286. The summed E-state index contributed by atoms with van der Waals surface area (Å²) in [5.41, 5.74) is 0. The van der Waals surface area contributed by atoms with Crippen molar-refractivity contribution in [3.8, 4) is 0 Å². The molecule has 102 valence electrons. The zero-order chi connectivity index (χ0) is 12.8. The Morgan fingerprint density at radius 1 is 1.56 bits per heavy atom. The Morgan fingerprint density at radius 3 is 3.06 bits per heavy atom. The molecule has 2 N–H and O–H groups in total. The number of thiophene rings is 1. The Balaban J connectivity index is 1.50. The highest BCUT2D eigenvalue weighted by Crippen LogP contribution is 2.33. The van der Waals surface area contributed by atoms with E-state index in [2.05, 4.69) is 12.2 Å². The molecule has 0 saturated heterocycles. The minimum atomic E-state index is -0.411. The second-order valence-electron chi connectivity index (χ2n) is 5.24. The number of hydrogen-bond donors (Lipinski definition) is 2. The summed E-state index contributed by atoms with van der Waals surface area (Å²) in [6, 6.07) is 4.57. The third kappa shape index (κ3) is 5.48. The van der Waals surface area contributed by atoms with Crippen molar-refractivity contribution < 1.29 is 9.84 Å². The van der Waals surface area contributed by atoms with E-state index in [-0.39, 0.29) is 0 Å². The van der Waals surface area contributed by atoms with Crippen LogP contribution in [0.1, 0.15) is 31.1 Å². The van der Waals surface area contributed by atoms with E-state index in [9.17, 15) is 5.11 Å². The van der Waals surface area contributed by atoms with Gasteiger partial charge in [0.15, 0.2) is 0 Å². The number of aliphatic hydroxyl groups excluding tert-OH is 1. The summed E-state index contributed by atoms with van der Waals surface area (Å²) in [6.45, 7) is 3.82. The molecule has 1 aliphatic rings. The van der Waals surface area contributed by atoms with Gasteiger partial charge in [-0.1, -0.05) is 18.9 Å². The van der Waals surface area contributed by atoms with Crippen molar-refractivity contribution in [1.82, 2.24) is 5.32 Å². The summed E-state index contributed by atoms with van der Waals surface area (Å²) in [5.74, 6) is 0.930. The first-order chi connectivity index (χ1) is 8.74. The maximum atomic E-state index is 9.79. The molecule has 1 saturated carbocycles. The number of nitrogens with one attached hydrogen (secondary N) is 1. The molecule has 0 amide bonds. The molecule has 0 aromatic carbocycles. The standard InChI is InChI=1S/C14H23NO2S/c1-11(7-12-4-5-12)15-8-13(16)9-17-10-14-3-2-6-18-14/h2-3,6,11-13,15-16H,4-5,7-10H2,1H3. The molecule has 2 rings (SSSR count). The molecule has 0 radical (unpaired) electrons. The Bertz CT molecular complexity index is 325. The first kappa shape index (κ1) is 14.0. The fourth-order valence-electron chi connectivity index (χ4n) is 2.02.